The zero-order chi connectivity index (χ0) is 16.3. The molecule has 1 fully saturated rings. The van der Waals surface area contributed by atoms with Crippen molar-refractivity contribution in [2.24, 2.45) is 17.8 Å². The lowest BCUT2D eigenvalue weighted by Crippen LogP contribution is -2.36. The summed E-state index contributed by atoms with van der Waals surface area (Å²) < 4.78 is 42.2. The van der Waals surface area contributed by atoms with Gasteiger partial charge in [0, 0.05) is 13.0 Å². The van der Waals surface area contributed by atoms with E-state index in [1.54, 1.807) is 0 Å². The van der Waals surface area contributed by atoms with E-state index in [9.17, 15) is 22.8 Å². The Hall–Kier alpha value is -1.53. The molecule has 0 radical (unpaired) electrons. The van der Waals surface area contributed by atoms with Gasteiger partial charge in [0.25, 0.3) is 0 Å². The molecule has 0 aromatic carbocycles. The van der Waals surface area contributed by atoms with E-state index < -0.39 is 30.5 Å². The number of likely N-dealkylation sites (tertiary alicyclic amines) is 1. The molecule has 0 bridgehead atoms. The SMILES string of the molecule is CC1CC=CCC1COC(=O)C1CC(=O)N(CC(F)(F)F)C1. The molecular formula is C15H20F3NO3. The van der Waals surface area contributed by atoms with E-state index >= 15 is 0 Å². The first-order valence-electron chi connectivity index (χ1n) is 7.42. The summed E-state index contributed by atoms with van der Waals surface area (Å²) in [5, 5.41) is 0. The number of halogens is 3. The van der Waals surface area contributed by atoms with Gasteiger partial charge in [-0.05, 0) is 24.7 Å². The number of carbonyl (C=O) groups is 2. The minimum atomic E-state index is -4.45. The van der Waals surface area contributed by atoms with Crippen molar-refractivity contribution in [1.29, 1.82) is 0 Å². The maximum atomic E-state index is 12.3. The van der Waals surface area contributed by atoms with E-state index in [4.69, 9.17) is 4.74 Å². The first-order valence-corrected chi connectivity index (χ1v) is 7.42. The highest BCUT2D eigenvalue weighted by molar-refractivity contribution is 5.86. The Bertz CT molecular complexity index is 461. The van der Waals surface area contributed by atoms with Crippen LogP contribution in [0.4, 0.5) is 13.2 Å². The Morgan fingerprint density at radius 2 is 2.05 bits per heavy atom. The fourth-order valence-electron chi connectivity index (χ4n) is 2.85. The van der Waals surface area contributed by atoms with Crippen molar-refractivity contribution < 1.29 is 27.5 Å². The number of amides is 1. The van der Waals surface area contributed by atoms with Crippen LogP contribution in [-0.4, -0.2) is 42.6 Å². The third-order valence-electron chi connectivity index (χ3n) is 4.28. The topological polar surface area (TPSA) is 46.6 Å². The zero-order valence-electron chi connectivity index (χ0n) is 12.4. The molecule has 1 heterocycles. The molecule has 4 nitrogen and oxygen atoms in total. The van der Waals surface area contributed by atoms with Gasteiger partial charge in [-0.1, -0.05) is 19.1 Å². The Morgan fingerprint density at radius 3 is 2.68 bits per heavy atom. The van der Waals surface area contributed by atoms with Crippen molar-refractivity contribution in [2.45, 2.75) is 32.4 Å². The molecule has 7 heteroatoms. The lowest BCUT2D eigenvalue weighted by atomic mass is 9.85. The largest absolute Gasteiger partial charge is 0.465 e. The van der Waals surface area contributed by atoms with Gasteiger partial charge < -0.3 is 9.64 Å². The number of rotatable bonds is 4. The highest BCUT2D eigenvalue weighted by Crippen LogP contribution is 2.27. The second-order valence-corrected chi connectivity index (χ2v) is 6.10. The van der Waals surface area contributed by atoms with Crippen LogP contribution in [0.2, 0.25) is 0 Å². The molecule has 3 unspecified atom stereocenters. The van der Waals surface area contributed by atoms with Crippen LogP contribution < -0.4 is 0 Å². The summed E-state index contributed by atoms with van der Waals surface area (Å²) in [5.74, 6) is -1.36. The standard InChI is InChI=1S/C15H20F3NO3/c1-10-4-2-3-5-11(10)8-22-14(21)12-6-13(20)19(7-12)9-15(16,17)18/h2-3,10-12H,4-9H2,1H3. The highest BCUT2D eigenvalue weighted by atomic mass is 19.4. The van der Waals surface area contributed by atoms with Crippen molar-refractivity contribution in [2.75, 3.05) is 19.7 Å². The fraction of sp³-hybridized carbons (Fsp3) is 0.733. The smallest absolute Gasteiger partial charge is 0.406 e. The van der Waals surface area contributed by atoms with Crippen molar-refractivity contribution >= 4 is 11.9 Å². The molecule has 22 heavy (non-hydrogen) atoms. The number of hydrogen-bond acceptors (Lipinski definition) is 3. The van der Waals surface area contributed by atoms with Gasteiger partial charge in [-0.2, -0.15) is 13.2 Å². The quantitative estimate of drug-likeness (QED) is 0.591. The Morgan fingerprint density at radius 1 is 1.36 bits per heavy atom. The second kappa shape index (κ2) is 6.71. The molecule has 0 aromatic heterocycles. The molecular weight excluding hydrogens is 299 g/mol. The number of alkyl halides is 3. The number of esters is 1. The van der Waals surface area contributed by atoms with E-state index in [0.29, 0.717) is 10.8 Å². The average molecular weight is 319 g/mol. The number of hydrogen-bond donors (Lipinski definition) is 0. The lowest BCUT2D eigenvalue weighted by Gasteiger charge is -2.25. The van der Waals surface area contributed by atoms with Gasteiger partial charge in [-0.25, -0.2) is 0 Å². The summed E-state index contributed by atoms with van der Waals surface area (Å²) in [5.41, 5.74) is 0. The fourth-order valence-corrected chi connectivity index (χ4v) is 2.85. The van der Waals surface area contributed by atoms with Crippen LogP contribution >= 0.6 is 0 Å². The number of ether oxygens (including phenoxy) is 1. The van der Waals surface area contributed by atoms with Gasteiger partial charge in [0.2, 0.25) is 5.91 Å². The second-order valence-electron chi connectivity index (χ2n) is 6.10. The first-order chi connectivity index (χ1) is 10.3. The maximum absolute atomic E-state index is 12.3. The normalized spacial score (nSPS) is 29.0. The number of allylic oxidation sites excluding steroid dienone is 2. The summed E-state index contributed by atoms with van der Waals surface area (Å²) in [4.78, 5) is 24.2. The molecule has 1 aliphatic heterocycles. The Labute approximate surface area is 127 Å². The molecule has 0 N–H and O–H groups in total. The van der Waals surface area contributed by atoms with Crippen molar-refractivity contribution in [1.82, 2.24) is 4.90 Å². The summed E-state index contributed by atoms with van der Waals surface area (Å²) in [6.45, 7) is 0.817. The summed E-state index contributed by atoms with van der Waals surface area (Å²) >= 11 is 0. The van der Waals surface area contributed by atoms with E-state index in [-0.39, 0.29) is 25.5 Å². The van der Waals surface area contributed by atoms with Crippen LogP contribution in [0.5, 0.6) is 0 Å². The average Bonchev–Trinajstić information content (AvgIpc) is 2.77. The highest BCUT2D eigenvalue weighted by Gasteiger charge is 2.41. The van der Waals surface area contributed by atoms with E-state index in [1.807, 2.05) is 6.08 Å². The Kier molecular flexibility index (Phi) is 5.13. The predicted molar refractivity (Wildman–Crippen MR) is 72.7 cm³/mol. The summed E-state index contributed by atoms with van der Waals surface area (Å²) in [7, 11) is 0. The molecule has 3 atom stereocenters. The minimum Gasteiger partial charge on any atom is -0.465 e. The van der Waals surface area contributed by atoms with Gasteiger partial charge in [0.15, 0.2) is 0 Å². The molecule has 1 amide bonds. The van der Waals surface area contributed by atoms with Crippen LogP contribution in [0.3, 0.4) is 0 Å². The van der Waals surface area contributed by atoms with Crippen LogP contribution in [0.1, 0.15) is 26.2 Å². The first kappa shape index (κ1) is 16.8. The van der Waals surface area contributed by atoms with Gasteiger partial charge in [-0.15, -0.1) is 0 Å². The van der Waals surface area contributed by atoms with E-state index in [1.165, 1.54) is 0 Å². The monoisotopic (exact) mass is 319 g/mol. The van der Waals surface area contributed by atoms with Crippen LogP contribution in [0.15, 0.2) is 12.2 Å². The minimum absolute atomic E-state index is 0.199. The number of carbonyl (C=O) groups excluding carboxylic acids is 2. The summed E-state index contributed by atoms with van der Waals surface area (Å²) in [6.07, 6.45) is 1.26. The van der Waals surface area contributed by atoms with Gasteiger partial charge in [-0.3, -0.25) is 9.59 Å². The van der Waals surface area contributed by atoms with Crippen LogP contribution in [0.25, 0.3) is 0 Å². The predicted octanol–water partition coefficient (Wildman–Crippen LogP) is 2.54. The van der Waals surface area contributed by atoms with Crippen molar-refractivity contribution in [3.8, 4) is 0 Å². The summed E-state index contributed by atoms with van der Waals surface area (Å²) in [6, 6.07) is 0. The van der Waals surface area contributed by atoms with E-state index in [0.717, 1.165) is 12.8 Å². The zero-order valence-corrected chi connectivity index (χ0v) is 12.4. The molecule has 1 aliphatic carbocycles. The van der Waals surface area contributed by atoms with Gasteiger partial charge in [0.1, 0.15) is 6.54 Å². The molecule has 0 aromatic rings. The van der Waals surface area contributed by atoms with Crippen molar-refractivity contribution in [3.05, 3.63) is 12.2 Å². The third-order valence-corrected chi connectivity index (χ3v) is 4.28. The number of nitrogens with zero attached hydrogens (tertiary/aromatic N) is 1. The van der Waals surface area contributed by atoms with Gasteiger partial charge >= 0.3 is 12.1 Å². The molecule has 0 spiro atoms. The van der Waals surface area contributed by atoms with Gasteiger partial charge in [0.05, 0.1) is 12.5 Å². The molecule has 2 rings (SSSR count). The Balaban J connectivity index is 1.81. The molecule has 1 saturated heterocycles. The molecule has 124 valence electrons. The molecule has 0 saturated carbocycles. The van der Waals surface area contributed by atoms with Crippen LogP contribution in [-0.2, 0) is 14.3 Å². The van der Waals surface area contributed by atoms with Crippen molar-refractivity contribution in [3.63, 3.8) is 0 Å². The molecule has 2 aliphatic rings. The van der Waals surface area contributed by atoms with Crippen LogP contribution in [0, 0.1) is 17.8 Å². The third kappa shape index (κ3) is 4.48. The van der Waals surface area contributed by atoms with E-state index in [2.05, 4.69) is 13.0 Å². The maximum Gasteiger partial charge on any atom is 0.406 e. The lowest BCUT2D eigenvalue weighted by molar-refractivity contribution is -0.158.